The number of aryl methyl sites for hydroxylation is 1. The van der Waals surface area contributed by atoms with Crippen LogP contribution in [0.3, 0.4) is 0 Å². The molecule has 0 saturated carbocycles. The van der Waals surface area contributed by atoms with E-state index in [1.165, 1.54) is 0 Å². The molecule has 0 radical (unpaired) electrons. The summed E-state index contributed by atoms with van der Waals surface area (Å²) in [6, 6.07) is 0. The molecule has 0 fully saturated rings. The highest BCUT2D eigenvalue weighted by Crippen LogP contribution is 2.32. The normalized spacial score (nSPS) is 14.2. The van der Waals surface area contributed by atoms with Crippen molar-refractivity contribution in [3.05, 3.63) is 23.3 Å². The van der Waals surface area contributed by atoms with E-state index in [0.29, 0.717) is 24.1 Å². The molecule has 0 saturated heterocycles. The molecule has 0 spiro atoms. The van der Waals surface area contributed by atoms with E-state index in [9.17, 15) is 4.79 Å². The summed E-state index contributed by atoms with van der Waals surface area (Å²) in [5.74, 6) is 1.11. The van der Waals surface area contributed by atoms with Gasteiger partial charge in [-0.2, -0.15) is 4.98 Å². The van der Waals surface area contributed by atoms with Crippen LogP contribution in [0.4, 0.5) is 0 Å². The van der Waals surface area contributed by atoms with Gasteiger partial charge in [-0.1, -0.05) is 19.0 Å². The quantitative estimate of drug-likeness (QED) is 0.848. The van der Waals surface area contributed by atoms with E-state index in [1.54, 1.807) is 11.6 Å². The summed E-state index contributed by atoms with van der Waals surface area (Å²) in [7, 11) is 0. The molecular weight excluding hydrogens is 246 g/mol. The Bertz CT molecular complexity index is 641. The molecule has 2 aromatic rings. The number of carbonyl (C=O) groups excluding carboxylic acids is 1. The molecule has 0 bridgehead atoms. The minimum atomic E-state index is -0.0890. The molecule has 0 aromatic carbocycles. The first-order chi connectivity index (χ1) is 9.08. The SMILES string of the molecule is Cc1nc(-c2cn3c(c2C(C)C)C(=O)NCN3)no1. The van der Waals surface area contributed by atoms with Crippen LogP contribution in [0.5, 0.6) is 0 Å². The summed E-state index contributed by atoms with van der Waals surface area (Å²) in [6.07, 6.45) is 1.84. The van der Waals surface area contributed by atoms with Crippen LogP contribution in [0.2, 0.25) is 0 Å². The van der Waals surface area contributed by atoms with Crippen LogP contribution < -0.4 is 10.7 Å². The van der Waals surface area contributed by atoms with Crippen molar-refractivity contribution in [1.29, 1.82) is 0 Å². The standard InChI is InChI=1S/C12H15N5O2/c1-6(2)9-8(11-15-7(3)19-16-11)4-17-10(9)12(18)13-5-14-17/h4,6,14H,5H2,1-3H3,(H,13,18). The molecule has 2 N–H and O–H groups in total. The fourth-order valence-corrected chi connectivity index (χ4v) is 2.34. The van der Waals surface area contributed by atoms with E-state index >= 15 is 0 Å². The van der Waals surface area contributed by atoms with Gasteiger partial charge in [-0.05, 0) is 11.5 Å². The van der Waals surface area contributed by atoms with Gasteiger partial charge >= 0.3 is 0 Å². The Hall–Kier alpha value is -2.31. The van der Waals surface area contributed by atoms with Crippen LogP contribution in [-0.2, 0) is 0 Å². The van der Waals surface area contributed by atoms with Gasteiger partial charge in [0.05, 0.1) is 0 Å². The summed E-state index contributed by atoms with van der Waals surface area (Å²) in [5, 5.41) is 6.71. The maximum absolute atomic E-state index is 12.0. The van der Waals surface area contributed by atoms with Gasteiger partial charge in [0.1, 0.15) is 12.4 Å². The highest BCUT2D eigenvalue weighted by molar-refractivity contribution is 5.97. The van der Waals surface area contributed by atoms with Gasteiger partial charge in [0.15, 0.2) is 0 Å². The number of nitrogens with one attached hydrogen (secondary N) is 2. The maximum Gasteiger partial charge on any atom is 0.271 e. The van der Waals surface area contributed by atoms with Crippen LogP contribution in [0.25, 0.3) is 11.4 Å². The first-order valence-corrected chi connectivity index (χ1v) is 6.16. The number of fused-ring (bicyclic) bond motifs is 1. The molecule has 3 heterocycles. The average Bonchev–Trinajstić information content (AvgIpc) is 2.92. The van der Waals surface area contributed by atoms with E-state index in [4.69, 9.17) is 4.52 Å². The second-order valence-corrected chi connectivity index (χ2v) is 4.81. The lowest BCUT2D eigenvalue weighted by Gasteiger charge is -2.19. The summed E-state index contributed by atoms with van der Waals surface area (Å²) in [5.41, 5.74) is 5.44. The lowest BCUT2D eigenvalue weighted by atomic mass is 9.98. The molecule has 2 aromatic heterocycles. The third kappa shape index (κ3) is 1.78. The van der Waals surface area contributed by atoms with Gasteiger partial charge in [0, 0.05) is 18.7 Å². The summed E-state index contributed by atoms with van der Waals surface area (Å²) in [6.45, 7) is 6.22. The molecule has 0 atom stereocenters. The van der Waals surface area contributed by atoms with E-state index in [0.717, 1.165) is 11.1 Å². The van der Waals surface area contributed by atoms with Gasteiger partial charge in [-0.25, -0.2) is 0 Å². The Balaban J connectivity index is 2.22. The molecule has 1 aliphatic heterocycles. The lowest BCUT2D eigenvalue weighted by molar-refractivity contribution is 0.0935. The molecule has 3 rings (SSSR count). The van der Waals surface area contributed by atoms with Crippen molar-refractivity contribution in [3.63, 3.8) is 0 Å². The molecule has 0 unspecified atom stereocenters. The molecule has 1 amide bonds. The van der Waals surface area contributed by atoms with E-state index < -0.39 is 0 Å². The zero-order valence-electron chi connectivity index (χ0n) is 11.0. The number of hydrogen-bond acceptors (Lipinski definition) is 5. The van der Waals surface area contributed by atoms with Crippen molar-refractivity contribution < 1.29 is 9.32 Å². The van der Waals surface area contributed by atoms with Crippen LogP contribution in [-0.4, -0.2) is 27.4 Å². The average molecular weight is 261 g/mol. The predicted octanol–water partition coefficient (Wildman–Crippen LogP) is 1.21. The third-order valence-electron chi connectivity index (χ3n) is 3.10. The Labute approximate surface area is 110 Å². The highest BCUT2D eigenvalue weighted by Gasteiger charge is 2.28. The first kappa shape index (κ1) is 11.8. The van der Waals surface area contributed by atoms with Crippen LogP contribution in [0.15, 0.2) is 10.7 Å². The Morgan fingerprint density at radius 2 is 2.26 bits per heavy atom. The van der Waals surface area contributed by atoms with E-state index in [2.05, 4.69) is 20.9 Å². The molecular formula is C12H15N5O2. The van der Waals surface area contributed by atoms with Crippen LogP contribution >= 0.6 is 0 Å². The number of amides is 1. The van der Waals surface area contributed by atoms with Crippen LogP contribution in [0.1, 0.15) is 41.7 Å². The first-order valence-electron chi connectivity index (χ1n) is 6.16. The van der Waals surface area contributed by atoms with Gasteiger partial charge in [0.2, 0.25) is 11.7 Å². The Kier molecular flexibility index (Phi) is 2.55. The number of rotatable bonds is 2. The van der Waals surface area contributed by atoms with Gasteiger partial charge in [-0.15, -0.1) is 0 Å². The third-order valence-corrected chi connectivity index (χ3v) is 3.10. The Morgan fingerprint density at radius 1 is 1.47 bits per heavy atom. The number of aromatic nitrogens is 3. The van der Waals surface area contributed by atoms with E-state index in [-0.39, 0.29) is 11.8 Å². The predicted molar refractivity (Wildman–Crippen MR) is 68.2 cm³/mol. The lowest BCUT2D eigenvalue weighted by Crippen LogP contribution is -2.41. The Morgan fingerprint density at radius 3 is 2.89 bits per heavy atom. The molecule has 1 aliphatic rings. The number of nitrogens with zero attached hydrogens (tertiary/aromatic N) is 3. The second-order valence-electron chi connectivity index (χ2n) is 4.81. The second kappa shape index (κ2) is 4.11. The van der Waals surface area contributed by atoms with Crippen molar-refractivity contribution in [1.82, 2.24) is 20.1 Å². The fourth-order valence-electron chi connectivity index (χ4n) is 2.34. The zero-order chi connectivity index (χ0) is 13.6. The van der Waals surface area contributed by atoms with Crippen molar-refractivity contribution in [2.24, 2.45) is 0 Å². The monoisotopic (exact) mass is 261 g/mol. The van der Waals surface area contributed by atoms with Crippen molar-refractivity contribution in [2.75, 3.05) is 12.1 Å². The highest BCUT2D eigenvalue weighted by atomic mass is 16.5. The van der Waals surface area contributed by atoms with Crippen molar-refractivity contribution in [2.45, 2.75) is 26.7 Å². The fraction of sp³-hybridized carbons (Fsp3) is 0.417. The van der Waals surface area contributed by atoms with Gasteiger partial charge in [-0.3, -0.25) is 9.47 Å². The van der Waals surface area contributed by atoms with Crippen molar-refractivity contribution in [3.8, 4) is 11.4 Å². The zero-order valence-corrected chi connectivity index (χ0v) is 11.0. The summed E-state index contributed by atoms with van der Waals surface area (Å²) in [4.78, 5) is 16.3. The maximum atomic E-state index is 12.0. The molecule has 7 nitrogen and oxygen atoms in total. The van der Waals surface area contributed by atoms with Gasteiger partial charge in [0.25, 0.3) is 5.91 Å². The minimum absolute atomic E-state index is 0.0890. The smallest absolute Gasteiger partial charge is 0.271 e. The van der Waals surface area contributed by atoms with E-state index in [1.807, 2.05) is 20.0 Å². The molecule has 0 aliphatic carbocycles. The summed E-state index contributed by atoms with van der Waals surface area (Å²) >= 11 is 0. The number of carbonyl (C=O) groups is 1. The van der Waals surface area contributed by atoms with Gasteiger partial charge < -0.3 is 15.3 Å². The molecule has 7 heteroatoms. The number of hydrogen-bond donors (Lipinski definition) is 2. The summed E-state index contributed by atoms with van der Waals surface area (Å²) < 4.78 is 6.75. The van der Waals surface area contributed by atoms with Crippen LogP contribution in [0, 0.1) is 6.92 Å². The minimum Gasteiger partial charge on any atom is -0.339 e. The largest absolute Gasteiger partial charge is 0.339 e. The molecule has 19 heavy (non-hydrogen) atoms. The molecule has 100 valence electrons. The topological polar surface area (TPSA) is 85.0 Å². The van der Waals surface area contributed by atoms with Crippen molar-refractivity contribution >= 4 is 5.91 Å².